The third-order valence-corrected chi connectivity index (χ3v) is 9.66. The second-order valence-corrected chi connectivity index (χ2v) is 13.1. The minimum atomic E-state index is -0.403. The van der Waals surface area contributed by atoms with Gasteiger partial charge in [0, 0.05) is 22.6 Å². The van der Waals surface area contributed by atoms with Crippen LogP contribution in [0.2, 0.25) is 0 Å². The normalized spacial score (nSPS) is 16.1. The number of hydrogen-bond donors (Lipinski definition) is 0. The number of ether oxygens (including phenoxy) is 3. The molecule has 49 heavy (non-hydrogen) atoms. The molecule has 1 atom stereocenters. The Morgan fingerprint density at radius 3 is 1.98 bits per heavy atom. The van der Waals surface area contributed by atoms with Gasteiger partial charge in [0.15, 0.2) is 5.75 Å². The van der Waals surface area contributed by atoms with Gasteiger partial charge in [0.25, 0.3) is 0 Å². The summed E-state index contributed by atoms with van der Waals surface area (Å²) in [5.41, 5.74) is 6.29. The van der Waals surface area contributed by atoms with Crippen LogP contribution >= 0.6 is 0 Å². The number of benzene rings is 4. The van der Waals surface area contributed by atoms with E-state index in [2.05, 4.69) is 26.0 Å². The van der Waals surface area contributed by atoms with Crippen LogP contribution < -0.4 is 19.1 Å². The second-order valence-electron chi connectivity index (χ2n) is 13.1. The van der Waals surface area contributed by atoms with Gasteiger partial charge < -0.3 is 19.1 Å². The summed E-state index contributed by atoms with van der Waals surface area (Å²) in [7, 11) is 0. The van der Waals surface area contributed by atoms with Crippen molar-refractivity contribution in [1.82, 2.24) is 0 Å². The van der Waals surface area contributed by atoms with Crippen LogP contribution in [0.25, 0.3) is 6.08 Å². The Balaban J connectivity index is 1.12. The molecule has 6 heteroatoms. The van der Waals surface area contributed by atoms with E-state index >= 15 is 0 Å². The van der Waals surface area contributed by atoms with E-state index in [1.165, 1.54) is 36.5 Å². The van der Waals surface area contributed by atoms with E-state index in [1.54, 1.807) is 6.08 Å². The van der Waals surface area contributed by atoms with Gasteiger partial charge >= 0.3 is 5.97 Å². The average Bonchev–Trinajstić information content (AvgIpc) is 3.70. The summed E-state index contributed by atoms with van der Waals surface area (Å²) < 4.78 is 17.7. The van der Waals surface area contributed by atoms with Gasteiger partial charge in [0.05, 0.1) is 13.2 Å². The van der Waals surface area contributed by atoms with Crippen LogP contribution in [0, 0.1) is 0 Å². The van der Waals surface area contributed by atoms with Crippen LogP contribution in [0.1, 0.15) is 98.6 Å². The van der Waals surface area contributed by atoms with Crippen molar-refractivity contribution in [2.75, 3.05) is 13.2 Å². The Morgan fingerprint density at radius 2 is 1.31 bits per heavy atom. The summed E-state index contributed by atoms with van der Waals surface area (Å²) in [6, 6.07) is 28.0. The molecule has 0 bridgehead atoms. The first-order valence-electron chi connectivity index (χ1n) is 18.0. The van der Waals surface area contributed by atoms with Crippen molar-refractivity contribution in [2.24, 2.45) is 0 Å². The minimum Gasteiger partial charge on any atom is -0.494 e. The molecule has 1 unspecified atom stereocenters. The summed E-state index contributed by atoms with van der Waals surface area (Å²) in [4.78, 5) is 25.1. The van der Waals surface area contributed by atoms with Crippen molar-refractivity contribution in [2.45, 2.75) is 90.1 Å². The lowest BCUT2D eigenvalue weighted by atomic mass is 9.76. The number of carbonyl (C=O) groups excluding carboxylic acids is 1. The highest BCUT2D eigenvalue weighted by Crippen LogP contribution is 2.57. The molecule has 256 valence electrons. The van der Waals surface area contributed by atoms with E-state index in [9.17, 15) is 4.79 Å². The topological polar surface area (TPSA) is 63.2 Å². The van der Waals surface area contributed by atoms with Crippen LogP contribution in [-0.4, -0.2) is 19.2 Å². The Labute approximate surface area is 290 Å². The fraction of sp³-hybridized carbons (Fsp3) is 0.372. The van der Waals surface area contributed by atoms with Gasteiger partial charge in [0.2, 0.25) is 0 Å². The zero-order valence-corrected chi connectivity index (χ0v) is 28.9. The molecule has 0 saturated carbocycles. The van der Waals surface area contributed by atoms with Crippen molar-refractivity contribution < 1.29 is 28.8 Å². The van der Waals surface area contributed by atoms with Crippen LogP contribution in [0.4, 0.5) is 0 Å². The number of fused-ring (bicyclic) bond motifs is 4. The van der Waals surface area contributed by atoms with Gasteiger partial charge in [-0.15, -0.1) is 0 Å². The molecule has 2 aliphatic carbocycles. The van der Waals surface area contributed by atoms with Crippen molar-refractivity contribution in [3.8, 4) is 23.0 Å². The second kappa shape index (κ2) is 16.7. The standard InChI is InChI=1S/C43H48O6/c1-3-5-7-8-30-46-36-20-15-32(16-21-36)19-24-40(44)48-38-13-9-11-34-25-27-43(41(34)38)28-26-35-12-10-14-39(42(35)43)49-47-31-33-17-22-37(23-18-33)45-29-6-4-2/h9-24H,3-8,25-31H2,1-2H3/b24-19+. The molecule has 0 fully saturated rings. The number of esters is 1. The van der Waals surface area contributed by atoms with Crippen molar-refractivity contribution in [3.05, 3.63) is 124 Å². The summed E-state index contributed by atoms with van der Waals surface area (Å²) in [6.07, 6.45) is 13.8. The van der Waals surface area contributed by atoms with E-state index < -0.39 is 5.97 Å². The molecular weight excluding hydrogens is 612 g/mol. The molecule has 0 heterocycles. The van der Waals surface area contributed by atoms with Gasteiger partial charge in [-0.25, -0.2) is 4.79 Å². The molecule has 0 aromatic heterocycles. The quantitative estimate of drug-likeness (QED) is 0.0281. The lowest BCUT2D eigenvalue weighted by Crippen LogP contribution is -2.23. The van der Waals surface area contributed by atoms with Crippen LogP contribution in [0.15, 0.2) is 91.0 Å². The van der Waals surface area contributed by atoms with Gasteiger partial charge in [0.1, 0.15) is 23.9 Å². The molecule has 0 radical (unpaired) electrons. The molecule has 2 aliphatic rings. The SMILES string of the molecule is CCCCCCOc1ccc(/C=C/C(=O)Oc2cccc3c2C2(CCc4cccc(OOCc5ccc(OCCCC)cc5)c42)CC3)cc1. The summed E-state index contributed by atoms with van der Waals surface area (Å²) in [5, 5.41) is 0. The molecule has 0 amide bonds. The van der Waals surface area contributed by atoms with E-state index in [4.69, 9.17) is 24.0 Å². The smallest absolute Gasteiger partial charge is 0.336 e. The van der Waals surface area contributed by atoms with E-state index in [0.717, 1.165) is 97.7 Å². The van der Waals surface area contributed by atoms with E-state index in [0.29, 0.717) is 12.4 Å². The summed E-state index contributed by atoms with van der Waals surface area (Å²) >= 11 is 0. The maximum Gasteiger partial charge on any atom is 0.336 e. The molecule has 0 N–H and O–H groups in total. The molecule has 6 nitrogen and oxygen atoms in total. The van der Waals surface area contributed by atoms with Crippen molar-refractivity contribution in [3.63, 3.8) is 0 Å². The summed E-state index contributed by atoms with van der Waals surface area (Å²) in [5.74, 6) is 2.63. The lowest BCUT2D eigenvalue weighted by molar-refractivity contribution is -0.218. The maximum absolute atomic E-state index is 13.2. The Morgan fingerprint density at radius 1 is 0.694 bits per heavy atom. The van der Waals surface area contributed by atoms with Crippen molar-refractivity contribution >= 4 is 12.0 Å². The zero-order chi connectivity index (χ0) is 33.9. The fourth-order valence-electron chi connectivity index (χ4n) is 7.13. The number of carbonyl (C=O) groups is 1. The molecule has 4 aromatic rings. The highest BCUT2D eigenvalue weighted by molar-refractivity contribution is 5.89. The number of unbranched alkanes of at least 4 members (excludes halogenated alkanes) is 4. The Hall–Kier alpha value is -4.55. The largest absolute Gasteiger partial charge is 0.494 e. The first-order chi connectivity index (χ1) is 24.1. The number of rotatable bonds is 17. The molecule has 6 rings (SSSR count). The van der Waals surface area contributed by atoms with Crippen molar-refractivity contribution in [1.29, 1.82) is 0 Å². The summed E-state index contributed by atoms with van der Waals surface area (Å²) in [6.45, 7) is 6.11. The van der Waals surface area contributed by atoms with Gasteiger partial charge in [-0.3, -0.25) is 0 Å². The molecule has 1 spiro atoms. The van der Waals surface area contributed by atoms with Crippen LogP contribution in [0.5, 0.6) is 23.0 Å². The molecule has 0 saturated heterocycles. The maximum atomic E-state index is 13.2. The third kappa shape index (κ3) is 8.37. The van der Waals surface area contributed by atoms with Crippen LogP contribution in [-0.2, 0) is 34.5 Å². The van der Waals surface area contributed by atoms with Crippen LogP contribution in [0.3, 0.4) is 0 Å². The lowest BCUT2D eigenvalue weighted by Gasteiger charge is -2.29. The highest BCUT2D eigenvalue weighted by Gasteiger charge is 2.48. The van der Waals surface area contributed by atoms with Gasteiger partial charge in [-0.2, -0.15) is 4.89 Å². The predicted molar refractivity (Wildman–Crippen MR) is 193 cm³/mol. The van der Waals surface area contributed by atoms with Gasteiger partial charge in [-0.1, -0.05) is 88.1 Å². The monoisotopic (exact) mass is 660 g/mol. The number of hydrogen-bond acceptors (Lipinski definition) is 6. The third-order valence-electron chi connectivity index (χ3n) is 9.66. The average molecular weight is 661 g/mol. The van der Waals surface area contributed by atoms with E-state index in [-0.39, 0.29) is 5.41 Å². The first kappa shape index (κ1) is 34.3. The number of aryl methyl sites for hydroxylation is 2. The fourth-order valence-corrected chi connectivity index (χ4v) is 7.13. The van der Waals surface area contributed by atoms with E-state index in [1.807, 2.05) is 72.8 Å². The molecular formula is C43H48O6. The first-order valence-corrected chi connectivity index (χ1v) is 18.0. The highest BCUT2D eigenvalue weighted by atomic mass is 17.2. The molecule has 0 aliphatic heterocycles. The molecule has 4 aromatic carbocycles. The minimum absolute atomic E-state index is 0.310. The van der Waals surface area contributed by atoms with Gasteiger partial charge in [-0.05, 0) is 103 Å². The predicted octanol–water partition coefficient (Wildman–Crippen LogP) is 10.1. The Kier molecular flexibility index (Phi) is 11.7. The zero-order valence-electron chi connectivity index (χ0n) is 28.9. The Bertz CT molecular complexity index is 1700.